The second-order valence-electron chi connectivity index (χ2n) is 4.67. The van der Waals surface area contributed by atoms with Crippen molar-refractivity contribution in [3.05, 3.63) is 36.4 Å². The smallest absolute Gasteiger partial charge is 0.354 e. The largest absolute Gasteiger partial charge is 0.356 e. The summed E-state index contributed by atoms with van der Waals surface area (Å²) < 4.78 is 22.5. The second kappa shape index (κ2) is 4.52. The third kappa shape index (κ3) is 2.56. The Balaban J connectivity index is 2.29. The minimum Gasteiger partial charge on any atom is -0.354 e. The number of nitrogens with one attached hydrogen (secondary N) is 1. The topological polar surface area (TPSA) is 131 Å². The molecule has 21 heavy (non-hydrogen) atoms. The number of rotatable bonds is 2. The number of H-pyrrole nitrogens is 1. The summed E-state index contributed by atoms with van der Waals surface area (Å²) in [4.78, 5) is 39.6. The van der Waals surface area contributed by atoms with Crippen molar-refractivity contribution in [2.45, 2.75) is 0 Å². The third-order valence-corrected chi connectivity index (χ3v) is 5.14. The van der Waals surface area contributed by atoms with E-state index in [4.69, 9.17) is 19.6 Å². The van der Waals surface area contributed by atoms with Gasteiger partial charge in [0.25, 0.3) is 0 Å². The Labute approximate surface area is 118 Å². The van der Waals surface area contributed by atoms with E-state index >= 15 is 0 Å². The van der Waals surface area contributed by atoms with Gasteiger partial charge in [-0.2, -0.15) is 0 Å². The lowest BCUT2D eigenvalue weighted by Gasteiger charge is -2.03. The van der Waals surface area contributed by atoms with E-state index < -0.39 is 15.2 Å². The van der Waals surface area contributed by atoms with E-state index in [0.717, 1.165) is 10.8 Å². The standard InChI is InChI=1S/C12H11NO6P2/c14-20(15,16)7-1-3-9-10-4-2-8(21(17,18)19)6-12(10)13-11(9)5-7/h1-6,13H,(H2,14,15,16)(H2,17,18,19). The highest BCUT2D eigenvalue weighted by molar-refractivity contribution is 7.60. The normalized spacial score (nSPS) is 13.1. The van der Waals surface area contributed by atoms with Crippen molar-refractivity contribution in [3.8, 4) is 0 Å². The van der Waals surface area contributed by atoms with Crippen molar-refractivity contribution in [3.63, 3.8) is 0 Å². The van der Waals surface area contributed by atoms with Gasteiger partial charge in [0, 0.05) is 21.8 Å². The van der Waals surface area contributed by atoms with E-state index in [1.807, 2.05) is 0 Å². The monoisotopic (exact) mass is 327 g/mol. The molecule has 0 atom stereocenters. The fourth-order valence-electron chi connectivity index (χ4n) is 2.25. The molecule has 0 fully saturated rings. The maximum Gasteiger partial charge on any atom is 0.356 e. The molecule has 0 saturated carbocycles. The van der Waals surface area contributed by atoms with Crippen LogP contribution >= 0.6 is 15.2 Å². The van der Waals surface area contributed by atoms with Crippen molar-refractivity contribution in [1.82, 2.24) is 4.98 Å². The molecule has 0 aliphatic heterocycles. The lowest BCUT2D eigenvalue weighted by atomic mass is 10.1. The molecule has 0 unspecified atom stereocenters. The molecule has 1 aromatic heterocycles. The second-order valence-corrected chi connectivity index (χ2v) is 7.88. The highest BCUT2D eigenvalue weighted by atomic mass is 31.2. The number of hydrogen-bond donors (Lipinski definition) is 5. The Kier molecular flexibility index (Phi) is 3.11. The molecule has 0 saturated heterocycles. The molecule has 0 bridgehead atoms. The van der Waals surface area contributed by atoms with Crippen LogP contribution < -0.4 is 10.6 Å². The molecule has 9 heteroatoms. The maximum atomic E-state index is 11.3. The zero-order valence-electron chi connectivity index (χ0n) is 10.5. The number of aromatic nitrogens is 1. The predicted octanol–water partition coefficient (Wildman–Crippen LogP) is 0.927. The highest BCUT2D eigenvalue weighted by Crippen LogP contribution is 2.37. The van der Waals surface area contributed by atoms with Gasteiger partial charge in [-0.3, -0.25) is 9.13 Å². The molecule has 0 amide bonds. The molecule has 0 radical (unpaired) electrons. The quantitative estimate of drug-likeness (QED) is 0.445. The Morgan fingerprint density at radius 2 is 1.10 bits per heavy atom. The molecule has 0 aliphatic carbocycles. The number of benzene rings is 2. The summed E-state index contributed by atoms with van der Waals surface area (Å²) in [6.45, 7) is 0. The van der Waals surface area contributed by atoms with Crippen LogP contribution in [0.15, 0.2) is 36.4 Å². The summed E-state index contributed by atoms with van der Waals surface area (Å²) >= 11 is 0. The van der Waals surface area contributed by atoms with Crippen molar-refractivity contribution in [2.24, 2.45) is 0 Å². The van der Waals surface area contributed by atoms with Gasteiger partial charge in [-0.1, -0.05) is 12.1 Å². The molecular weight excluding hydrogens is 316 g/mol. The average molecular weight is 327 g/mol. The summed E-state index contributed by atoms with van der Waals surface area (Å²) in [7, 11) is -8.69. The van der Waals surface area contributed by atoms with Crippen LogP contribution in [0.25, 0.3) is 21.8 Å². The van der Waals surface area contributed by atoms with Gasteiger partial charge in [0.1, 0.15) is 0 Å². The molecule has 1 heterocycles. The third-order valence-electron chi connectivity index (χ3n) is 3.24. The summed E-state index contributed by atoms with van der Waals surface area (Å²) in [5.41, 5.74) is 0.988. The number of aromatic amines is 1. The van der Waals surface area contributed by atoms with Crippen LogP contribution in [0.3, 0.4) is 0 Å². The van der Waals surface area contributed by atoms with E-state index in [-0.39, 0.29) is 10.6 Å². The minimum atomic E-state index is -4.35. The van der Waals surface area contributed by atoms with Gasteiger partial charge in [0.05, 0.1) is 10.6 Å². The molecule has 7 nitrogen and oxygen atoms in total. The van der Waals surface area contributed by atoms with Gasteiger partial charge >= 0.3 is 15.2 Å². The van der Waals surface area contributed by atoms with Gasteiger partial charge in [-0.05, 0) is 24.3 Å². The van der Waals surface area contributed by atoms with Crippen LogP contribution in [0, 0.1) is 0 Å². The molecule has 2 aromatic carbocycles. The van der Waals surface area contributed by atoms with E-state index in [0.29, 0.717) is 11.0 Å². The van der Waals surface area contributed by atoms with Crippen molar-refractivity contribution in [2.75, 3.05) is 0 Å². The zero-order valence-corrected chi connectivity index (χ0v) is 12.3. The molecular formula is C12H11NO6P2. The van der Waals surface area contributed by atoms with Gasteiger partial charge in [-0.15, -0.1) is 0 Å². The first-order chi connectivity index (χ1) is 9.66. The van der Waals surface area contributed by atoms with Crippen LogP contribution in [0.4, 0.5) is 0 Å². The van der Waals surface area contributed by atoms with Crippen molar-refractivity contribution < 1.29 is 28.7 Å². The van der Waals surface area contributed by atoms with Crippen LogP contribution in [0.2, 0.25) is 0 Å². The van der Waals surface area contributed by atoms with Crippen LogP contribution in [-0.2, 0) is 9.13 Å². The Bertz CT molecular complexity index is 875. The molecule has 5 N–H and O–H groups in total. The first-order valence-electron chi connectivity index (χ1n) is 5.84. The molecule has 3 rings (SSSR count). The molecule has 3 aromatic rings. The van der Waals surface area contributed by atoms with E-state index in [1.165, 1.54) is 24.3 Å². The first-order valence-corrected chi connectivity index (χ1v) is 9.06. The predicted molar refractivity (Wildman–Crippen MR) is 79.2 cm³/mol. The fraction of sp³-hybridized carbons (Fsp3) is 0. The van der Waals surface area contributed by atoms with Crippen LogP contribution in [0.5, 0.6) is 0 Å². The Hall–Kier alpha value is -1.46. The van der Waals surface area contributed by atoms with E-state index in [1.54, 1.807) is 12.1 Å². The summed E-state index contributed by atoms with van der Waals surface area (Å²) in [6.07, 6.45) is 0. The number of fused-ring (bicyclic) bond motifs is 3. The molecule has 110 valence electrons. The van der Waals surface area contributed by atoms with Gasteiger partial charge < -0.3 is 24.6 Å². The van der Waals surface area contributed by atoms with Gasteiger partial charge in [0.2, 0.25) is 0 Å². The molecule has 0 aliphatic rings. The molecule has 0 spiro atoms. The Morgan fingerprint density at radius 3 is 1.43 bits per heavy atom. The summed E-state index contributed by atoms with van der Waals surface area (Å²) in [6, 6.07) is 8.50. The van der Waals surface area contributed by atoms with Crippen molar-refractivity contribution in [1.29, 1.82) is 0 Å². The summed E-state index contributed by atoms with van der Waals surface area (Å²) in [5.74, 6) is 0. The van der Waals surface area contributed by atoms with Gasteiger partial charge in [0.15, 0.2) is 0 Å². The lowest BCUT2D eigenvalue weighted by Crippen LogP contribution is -2.02. The minimum absolute atomic E-state index is 0.114. The Morgan fingerprint density at radius 1 is 0.714 bits per heavy atom. The number of hydrogen-bond acceptors (Lipinski definition) is 2. The van der Waals surface area contributed by atoms with Crippen molar-refractivity contribution >= 4 is 47.6 Å². The average Bonchev–Trinajstić information content (AvgIpc) is 2.73. The summed E-state index contributed by atoms with van der Waals surface area (Å²) in [5, 5.41) is 1.22. The zero-order chi connectivity index (χ0) is 15.4. The maximum absolute atomic E-state index is 11.3. The first kappa shape index (κ1) is 14.5. The van der Waals surface area contributed by atoms with Crippen LogP contribution in [-0.4, -0.2) is 24.6 Å². The van der Waals surface area contributed by atoms with E-state index in [9.17, 15) is 9.13 Å². The highest BCUT2D eigenvalue weighted by Gasteiger charge is 2.20. The fourth-order valence-corrected chi connectivity index (χ4v) is 3.38. The van der Waals surface area contributed by atoms with Gasteiger partial charge in [-0.25, -0.2) is 0 Å². The lowest BCUT2D eigenvalue weighted by molar-refractivity contribution is 0.385. The van der Waals surface area contributed by atoms with Crippen LogP contribution in [0.1, 0.15) is 0 Å². The van der Waals surface area contributed by atoms with E-state index in [2.05, 4.69) is 4.98 Å². The SMILES string of the molecule is O=P(O)(O)c1ccc2c(c1)[nH]c1cc(P(=O)(O)O)ccc12.